The number of carbonyl (C=O) groups is 2. The summed E-state index contributed by atoms with van der Waals surface area (Å²) >= 11 is 0. The third kappa shape index (κ3) is 5.33. The highest BCUT2D eigenvalue weighted by Gasteiger charge is 2.07. The maximum atomic E-state index is 12.8. The SMILES string of the molecule is O=C(COc1ccc(-n2cnnn2)cc1)NCC(=O)Nc1ccc(F)cc1. The monoisotopic (exact) mass is 370 g/mol. The van der Waals surface area contributed by atoms with Gasteiger partial charge in [0, 0.05) is 5.69 Å². The van der Waals surface area contributed by atoms with Crippen molar-refractivity contribution in [3.8, 4) is 11.4 Å². The van der Waals surface area contributed by atoms with Gasteiger partial charge in [-0.05, 0) is 59.0 Å². The lowest BCUT2D eigenvalue weighted by Crippen LogP contribution is -2.35. The third-order valence-corrected chi connectivity index (χ3v) is 3.39. The van der Waals surface area contributed by atoms with Crippen LogP contribution < -0.4 is 15.4 Å². The number of aromatic nitrogens is 4. The minimum absolute atomic E-state index is 0.224. The molecule has 0 saturated carbocycles. The molecule has 0 bridgehead atoms. The first kappa shape index (κ1) is 18.0. The highest BCUT2D eigenvalue weighted by Crippen LogP contribution is 2.14. The molecule has 3 aromatic rings. The molecule has 2 N–H and O–H groups in total. The second-order valence-electron chi connectivity index (χ2n) is 5.37. The molecule has 0 spiro atoms. The third-order valence-electron chi connectivity index (χ3n) is 3.39. The number of nitrogens with one attached hydrogen (secondary N) is 2. The average Bonchev–Trinajstić information content (AvgIpc) is 3.22. The van der Waals surface area contributed by atoms with Crippen LogP contribution in [0.1, 0.15) is 0 Å². The maximum absolute atomic E-state index is 12.8. The fourth-order valence-corrected chi connectivity index (χ4v) is 2.09. The predicted octanol–water partition coefficient (Wildman–Crippen LogP) is 0.935. The zero-order valence-corrected chi connectivity index (χ0v) is 14.0. The van der Waals surface area contributed by atoms with Crippen molar-refractivity contribution < 1.29 is 18.7 Å². The summed E-state index contributed by atoms with van der Waals surface area (Å²) in [5.74, 6) is -0.795. The Balaban J connectivity index is 1.40. The first-order chi connectivity index (χ1) is 13.1. The number of halogens is 1. The lowest BCUT2D eigenvalue weighted by Gasteiger charge is -2.09. The van der Waals surface area contributed by atoms with Gasteiger partial charge in [0.05, 0.1) is 12.2 Å². The molecule has 0 saturated heterocycles. The van der Waals surface area contributed by atoms with Crippen LogP contribution in [0.25, 0.3) is 5.69 Å². The van der Waals surface area contributed by atoms with Gasteiger partial charge in [0.25, 0.3) is 5.91 Å². The van der Waals surface area contributed by atoms with Crippen molar-refractivity contribution in [2.45, 2.75) is 0 Å². The van der Waals surface area contributed by atoms with Crippen LogP contribution in [0.15, 0.2) is 54.9 Å². The van der Waals surface area contributed by atoms with Crippen LogP contribution in [0.4, 0.5) is 10.1 Å². The number of anilines is 1. The van der Waals surface area contributed by atoms with E-state index in [1.54, 1.807) is 24.3 Å². The number of nitrogens with zero attached hydrogens (tertiary/aromatic N) is 4. The van der Waals surface area contributed by atoms with Gasteiger partial charge in [0.15, 0.2) is 6.61 Å². The second kappa shape index (κ2) is 8.52. The molecular formula is C17H15FN6O3. The van der Waals surface area contributed by atoms with Crippen molar-refractivity contribution in [1.29, 1.82) is 0 Å². The molecular weight excluding hydrogens is 355 g/mol. The van der Waals surface area contributed by atoms with E-state index in [0.717, 1.165) is 5.69 Å². The number of amides is 2. The predicted molar refractivity (Wildman–Crippen MR) is 92.7 cm³/mol. The largest absolute Gasteiger partial charge is 0.484 e. The Kier molecular flexibility index (Phi) is 5.67. The Bertz CT molecular complexity index is 897. The first-order valence-electron chi connectivity index (χ1n) is 7.88. The summed E-state index contributed by atoms with van der Waals surface area (Å²) in [6.45, 7) is -0.466. The fourth-order valence-electron chi connectivity index (χ4n) is 2.09. The number of carbonyl (C=O) groups excluding carboxylic acids is 2. The van der Waals surface area contributed by atoms with Crippen molar-refractivity contribution >= 4 is 17.5 Å². The molecule has 0 aliphatic carbocycles. The van der Waals surface area contributed by atoms with Crippen LogP contribution >= 0.6 is 0 Å². The highest BCUT2D eigenvalue weighted by atomic mass is 19.1. The van der Waals surface area contributed by atoms with Crippen molar-refractivity contribution in [2.24, 2.45) is 0 Å². The lowest BCUT2D eigenvalue weighted by atomic mass is 10.3. The summed E-state index contributed by atoms with van der Waals surface area (Å²) in [7, 11) is 0. The Hall–Kier alpha value is -3.82. The summed E-state index contributed by atoms with van der Waals surface area (Å²) in [4.78, 5) is 23.5. The van der Waals surface area contributed by atoms with E-state index in [4.69, 9.17) is 4.74 Å². The van der Waals surface area contributed by atoms with Gasteiger partial charge in [0.1, 0.15) is 17.9 Å². The van der Waals surface area contributed by atoms with Gasteiger partial charge in [-0.2, -0.15) is 0 Å². The normalized spacial score (nSPS) is 10.3. The summed E-state index contributed by atoms with van der Waals surface area (Å²) in [6.07, 6.45) is 1.46. The topological polar surface area (TPSA) is 111 Å². The molecule has 3 rings (SSSR count). The number of hydrogen-bond acceptors (Lipinski definition) is 6. The van der Waals surface area contributed by atoms with Gasteiger partial charge in [0.2, 0.25) is 5.91 Å². The number of hydrogen-bond donors (Lipinski definition) is 2. The minimum Gasteiger partial charge on any atom is -0.484 e. The standard InChI is InChI=1S/C17H15FN6O3/c18-12-1-3-13(4-2-12)21-16(25)9-19-17(26)10-27-15-7-5-14(6-8-15)24-11-20-22-23-24/h1-8,11H,9-10H2,(H,19,26)(H,21,25). The van der Waals surface area contributed by atoms with E-state index in [2.05, 4.69) is 26.2 Å². The highest BCUT2D eigenvalue weighted by molar-refractivity contribution is 5.94. The lowest BCUT2D eigenvalue weighted by molar-refractivity contribution is -0.125. The van der Waals surface area contributed by atoms with Crippen LogP contribution in [0.2, 0.25) is 0 Å². The molecule has 0 aliphatic heterocycles. The Morgan fingerprint density at radius 3 is 2.44 bits per heavy atom. The molecule has 27 heavy (non-hydrogen) atoms. The van der Waals surface area contributed by atoms with Gasteiger partial charge in [-0.3, -0.25) is 9.59 Å². The maximum Gasteiger partial charge on any atom is 0.258 e. The summed E-state index contributed by atoms with van der Waals surface area (Å²) in [5.41, 5.74) is 1.18. The van der Waals surface area contributed by atoms with E-state index in [-0.39, 0.29) is 13.2 Å². The molecule has 0 atom stereocenters. The van der Waals surface area contributed by atoms with Gasteiger partial charge in [-0.15, -0.1) is 5.10 Å². The van der Waals surface area contributed by atoms with Gasteiger partial charge in [-0.25, -0.2) is 9.07 Å². The van der Waals surface area contributed by atoms with Gasteiger partial charge in [-0.1, -0.05) is 0 Å². The van der Waals surface area contributed by atoms with Gasteiger partial charge >= 0.3 is 0 Å². The Morgan fingerprint density at radius 1 is 1.04 bits per heavy atom. The fraction of sp³-hybridized carbons (Fsp3) is 0.118. The molecule has 1 heterocycles. The van der Waals surface area contributed by atoms with Gasteiger partial charge < -0.3 is 15.4 Å². The van der Waals surface area contributed by atoms with Crippen molar-refractivity contribution in [3.63, 3.8) is 0 Å². The number of benzene rings is 2. The molecule has 2 amide bonds. The average molecular weight is 370 g/mol. The molecule has 0 radical (unpaired) electrons. The van der Waals surface area contributed by atoms with Crippen molar-refractivity contribution in [1.82, 2.24) is 25.5 Å². The van der Waals surface area contributed by atoms with E-state index in [0.29, 0.717) is 11.4 Å². The number of ether oxygens (including phenoxy) is 1. The molecule has 1 aromatic heterocycles. The quantitative estimate of drug-likeness (QED) is 0.640. The zero-order chi connectivity index (χ0) is 19.1. The van der Waals surface area contributed by atoms with E-state index >= 15 is 0 Å². The van der Waals surface area contributed by atoms with E-state index in [1.807, 2.05) is 0 Å². The smallest absolute Gasteiger partial charge is 0.258 e. The Labute approximate surface area is 153 Å². The molecule has 0 fully saturated rings. The minimum atomic E-state index is -0.450. The molecule has 0 unspecified atom stereocenters. The molecule has 138 valence electrons. The van der Waals surface area contributed by atoms with E-state index < -0.39 is 17.6 Å². The number of rotatable bonds is 7. The summed E-state index contributed by atoms with van der Waals surface area (Å²) < 4.78 is 19.6. The van der Waals surface area contributed by atoms with E-state index in [9.17, 15) is 14.0 Å². The van der Waals surface area contributed by atoms with Crippen LogP contribution in [0.5, 0.6) is 5.75 Å². The first-order valence-corrected chi connectivity index (χ1v) is 7.88. The molecule has 10 heteroatoms. The van der Waals surface area contributed by atoms with Crippen LogP contribution in [0, 0.1) is 5.82 Å². The summed E-state index contributed by atoms with van der Waals surface area (Å²) in [5, 5.41) is 15.8. The second-order valence-corrected chi connectivity index (χ2v) is 5.37. The summed E-state index contributed by atoms with van der Waals surface area (Å²) in [6, 6.07) is 12.1. The molecule has 0 aliphatic rings. The zero-order valence-electron chi connectivity index (χ0n) is 14.0. The van der Waals surface area contributed by atoms with Crippen LogP contribution in [-0.2, 0) is 9.59 Å². The van der Waals surface area contributed by atoms with Crippen LogP contribution in [-0.4, -0.2) is 45.2 Å². The molecule has 2 aromatic carbocycles. The van der Waals surface area contributed by atoms with Crippen molar-refractivity contribution in [2.75, 3.05) is 18.5 Å². The van der Waals surface area contributed by atoms with Crippen LogP contribution in [0.3, 0.4) is 0 Å². The van der Waals surface area contributed by atoms with Crippen molar-refractivity contribution in [3.05, 3.63) is 60.7 Å². The number of tetrazole rings is 1. The Morgan fingerprint density at radius 2 is 1.78 bits per heavy atom. The molecule has 9 nitrogen and oxygen atoms in total. The van der Waals surface area contributed by atoms with E-state index in [1.165, 1.54) is 35.3 Å².